The van der Waals surface area contributed by atoms with Crippen molar-refractivity contribution in [3.05, 3.63) is 0 Å². The first kappa shape index (κ1) is 8.28. The summed E-state index contributed by atoms with van der Waals surface area (Å²) < 4.78 is 21.1. The number of hydrazine groups is 1. The van der Waals surface area contributed by atoms with Gasteiger partial charge in [-0.25, -0.2) is 19.1 Å². The predicted molar refractivity (Wildman–Crippen MR) is 38.3 cm³/mol. The van der Waals surface area contributed by atoms with Crippen LogP contribution in [0.25, 0.3) is 0 Å². The van der Waals surface area contributed by atoms with Crippen molar-refractivity contribution in [3.8, 4) is 0 Å². The molecular formula is C4H9N3O3S. The molecule has 6 nitrogen and oxygen atoms in total. The number of carbonyl (C=O) groups excluding carboxylic acids is 1. The zero-order valence-corrected chi connectivity index (χ0v) is 6.52. The van der Waals surface area contributed by atoms with E-state index in [2.05, 4.69) is 5.32 Å². The Morgan fingerprint density at radius 2 is 2.00 bits per heavy atom. The maximum Gasteiger partial charge on any atom is 0.329 e. The lowest BCUT2D eigenvalue weighted by Gasteiger charge is -2.25. The van der Waals surface area contributed by atoms with Crippen LogP contribution in [0.15, 0.2) is 0 Å². The van der Waals surface area contributed by atoms with Gasteiger partial charge in [0.05, 0.1) is 17.5 Å². The second-order valence-electron chi connectivity index (χ2n) is 2.39. The summed E-state index contributed by atoms with van der Waals surface area (Å²) >= 11 is 0. The summed E-state index contributed by atoms with van der Waals surface area (Å²) in [7, 11) is -2.87. The van der Waals surface area contributed by atoms with Crippen molar-refractivity contribution in [2.45, 2.75) is 6.04 Å². The van der Waals surface area contributed by atoms with Gasteiger partial charge >= 0.3 is 6.03 Å². The summed E-state index contributed by atoms with van der Waals surface area (Å²) in [6.07, 6.45) is 0. The van der Waals surface area contributed by atoms with E-state index in [0.29, 0.717) is 0 Å². The van der Waals surface area contributed by atoms with Gasteiger partial charge in [-0.2, -0.15) is 0 Å². The molecule has 0 radical (unpaired) electrons. The van der Waals surface area contributed by atoms with Crippen LogP contribution in [0.4, 0.5) is 4.79 Å². The molecule has 4 N–H and O–H groups in total. The van der Waals surface area contributed by atoms with E-state index in [1.54, 1.807) is 0 Å². The van der Waals surface area contributed by atoms with Crippen molar-refractivity contribution < 1.29 is 13.2 Å². The van der Waals surface area contributed by atoms with Crippen LogP contribution in [0.3, 0.4) is 0 Å². The third-order valence-corrected chi connectivity index (χ3v) is 3.20. The first-order valence-corrected chi connectivity index (χ1v) is 4.83. The number of hydrogen-bond acceptors (Lipinski definition) is 4. The molecule has 0 aromatic carbocycles. The minimum absolute atomic E-state index is 0.0143. The normalized spacial score (nSPS) is 21.9. The molecule has 0 unspecified atom stereocenters. The second-order valence-corrected chi connectivity index (χ2v) is 4.55. The fraction of sp³-hybridized carbons (Fsp3) is 0.750. The minimum atomic E-state index is -2.87. The smallest absolute Gasteiger partial charge is 0.329 e. The highest BCUT2D eigenvalue weighted by atomic mass is 32.2. The van der Waals surface area contributed by atoms with Crippen LogP contribution >= 0.6 is 0 Å². The van der Waals surface area contributed by atoms with E-state index in [1.807, 2.05) is 5.43 Å². The van der Waals surface area contributed by atoms with Crippen molar-refractivity contribution in [2.24, 2.45) is 5.84 Å². The molecule has 2 amide bonds. The Labute approximate surface area is 64.0 Å². The van der Waals surface area contributed by atoms with Crippen LogP contribution in [-0.4, -0.2) is 32.0 Å². The highest BCUT2D eigenvalue weighted by Gasteiger charge is 2.34. The van der Waals surface area contributed by atoms with E-state index in [4.69, 9.17) is 5.84 Å². The molecule has 11 heavy (non-hydrogen) atoms. The molecule has 0 spiro atoms. The third kappa shape index (κ3) is 2.05. The van der Waals surface area contributed by atoms with Crippen molar-refractivity contribution in [3.63, 3.8) is 0 Å². The van der Waals surface area contributed by atoms with Crippen LogP contribution in [0, 0.1) is 0 Å². The van der Waals surface area contributed by atoms with Crippen molar-refractivity contribution >= 4 is 15.9 Å². The maximum absolute atomic E-state index is 10.6. The Morgan fingerprint density at radius 1 is 1.45 bits per heavy atom. The Morgan fingerprint density at radius 3 is 2.36 bits per heavy atom. The number of amides is 2. The molecule has 1 saturated heterocycles. The van der Waals surface area contributed by atoms with Crippen LogP contribution in [0.1, 0.15) is 0 Å². The first-order chi connectivity index (χ1) is 5.03. The standard InChI is InChI=1S/C4H9N3O3S/c5-7-4(8)6-3-1-11(9,10)2-3/h3H,1-2,5H2,(H2,6,7,8). The van der Waals surface area contributed by atoms with Gasteiger partial charge in [-0.15, -0.1) is 0 Å². The van der Waals surface area contributed by atoms with E-state index >= 15 is 0 Å². The lowest BCUT2D eigenvalue weighted by molar-refractivity contribution is 0.238. The van der Waals surface area contributed by atoms with Gasteiger partial charge in [-0.05, 0) is 0 Å². The number of nitrogens with one attached hydrogen (secondary N) is 2. The summed E-state index contributed by atoms with van der Waals surface area (Å²) in [4.78, 5) is 10.5. The van der Waals surface area contributed by atoms with Crippen molar-refractivity contribution in [1.82, 2.24) is 10.7 Å². The Hall–Kier alpha value is -0.820. The van der Waals surface area contributed by atoms with Crippen LogP contribution in [-0.2, 0) is 9.84 Å². The number of hydrogen-bond donors (Lipinski definition) is 3. The average Bonchev–Trinajstić information content (AvgIpc) is 1.83. The van der Waals surface area contributed by atoms with Crippen LogP contribution in [0.2, 0.25) is 0 Å². The molecule has 0 aromatic heterocycles. The van der Waals surface area contributed by atoms with Gasteiger partial charge in [-0.3, -0.25) is 5.43 Å². The van der Waals surface area contributed by atoms with E-state index in [9.17, 15) is 13.2 Å². The fourth-order valence-electron chi connectivity index (χ4n) is 0.875. The Kier molecular flexibility index (Phi) is 2.01. The molecular weight excluding hydrogens is 170 g/mol. The topological polar surface area (TPSA) is 101 Å². The van der Waals surface area contributed by atoms with Crippen molar-refractivity contribution in [2.75, 3.05) is 11.5 Å². The lowest BCUT2D eigenvalue weighted by Crippen LogP contribution is -2.56. The van der Waals surface area contributed by atoms with Gasteiger partial charge in [0.1, 0.15) is 0 Å². The molecule has 0 aliphatic carbocycles. The third-order valence-electron chi connectivity index (χ3n) is 1.38. The molecule has 1 heterocycles. The van der Waals surface area contributed by atoms with Gasteiger partial charge in [0.2, 0.25) is 0 Å². The van der Waals surface area contributed by atoms with E-state index < -0.39 is 15.9 Å². The molecule has 7 heteroatoms. The van der Waals surface area contributed by atoms with Gasteiger partial charge in [0, 0.05) is 0 Å². The van der Waals surface area contributed by atoms with Gasteiger partial charge in [0.25, 0.3) is 0 Å². The Balaban J connectivity index is 2.29. The predicted octanol–water partition coefficient (Wildman–Crippen LogP) is -2.04. The molecule has 64 valence electrons. The SMILES string of the molecule is NNC(=O)NC1CS(=O)(=O)C1. The molecule has 1 rings (SSSR count). The fourth-order valence-corrected chi connectivity index (χ4v) is 2.17. The van der Waals surface area contributed by atoms with Gasteiger partial charge in [-0.1, -0.05) is 0 Å². The maximum atomic E-state index is 10.6. The molecule has 0 saturated carbocycles. The quantitative estimate of drug-likeness (QED) is 0.245. The van der Waals surface area contributed by atoms with E-state index in [-0.39, 0.29) is 17.5 Å². The van der Waals surface area contributed by atoms with E-state index in [1.165, 1.54) is 0 Å². The molecule has 1 aliphatic rings. The molecule has 0 aromatic rings. The van der Waals surface area contributed by atoms with Crippen LogP contribution < -0.4 is 16.6 Å². The number of sulfone groups is 1. The lowest BCUT2D eigenvalue weighted by atomic mass is 10.4. The van der Waals surface area contributed by atoms with Gasteiger partial charge < -0.3 is 5.32 Å². The number of rotatable bonds is 1. The summed E-state index contributed by atoms with van der Waals surface area (Å²) in [5.41, 5.74) is 1.85. The average molecular weight is 179 g/mol. The van der Waals surface area contributed by atoms with Crippen LogP contribution in [0.5, 0.6) is 0 Å². The monoisotopic (exact) mass is 179 g/mol. The summed E-state index contributed by atoms with van der Waals surface area (Å²) in [6.45, 7) is 0. The molecule has 0 atom stereocenters. The summed E-state index contributed by atoms with van der Waals surface area (Å²) in [6, 6.07) is -0.826. The summed E-state index contributed by atoms with van der Waals surface area (Å²) in [5, 5.41) is 2.37. The Bertz CT molecular complexity index is 248. The van der Waals surface area contributed by atoms with Crippen molar-refractivity contribution in [1.29, 1.82) is 0 Å². The number of urea groups is 1. The molecule has 0 bridgehead atoms. The zero-order chi connectivity index (χ0) is 8.48. The highest BCUT2D eigenvalue weighted by Crippen LogP contribution is 2.09. The van der Waals surface area contributed by atoms with Gasteiger partial charge in [0.15, 0.2) is 9.84 Å². The minimum Gasteiger partial charge on any atom is -0.332 e. The van der Waals surface area contributed by atoms with E-state index in [0.717, 1.165) is 0 Å². The highest BCUT2D eigenvalue weighted by molar-refractivity contribution is 7.92. The first-order valence-electron chi connectivity index (χ1n) is 3.01. The molecule has 1 fully saturated rings. The second kappa shape index (κ2) is 2.67. The summed E-state index contributed by atoms with van der Waals surface area (Å²) in [5.74, 6) is 4.78. The number of carbonyl (C=O) groups is 1. The largest absolute Gasteiger partial charge is 0.332 e. The zero-order valence-electron chi connectivity index (χ0n) is 5.70. The molecule has 1 aliphatic heterocycles. The number of nitrogens with two attached hydrogens (primary N) is 1.